The Morgan fingerprint density at radius 2 is 1.93 bits per heavy atom. The summed E-state index contributed by atoms with van der Waals surface area (Å²) in [5.41, 5.74) is -0.0509. The number of halogens is 3. The lowest BCUT2D eigenvalue weighted by Gasteiger charge is -2.09. The largest absolute Gasteiger partial charge is 0.323 e. The molecule has 1 amide bonds. The zero-order valence-electron chi connectivity index (χ0n) is 14.6. The van der Waals surface area contributed by atoms with Gasteiger partial charge in [0.25, 0.3) is 5.56 Å². The van der Waals surface area contributed by atoms with Gasteiger partial charge in [0.05, 0.1) is 17.1 Å². The van der Waals surface area contributed by atoms with Crippen LogP contribution in [0.3, 0.4) is 0 Å². The number of carbonyl (C=O) groups is 1. The summed E-state index contributed by atoms with van der Waals surface area (Å²) in [6.07, 6.45) is 2.74. The molecule has 0 unspecified atom stereocenters. The van der Waals surface area contributed by atoms with Crippen molar-refractivity contribution < 1.29 is 18.0 Å². The predicted octanol–water partition coefficient (Wildman–Crippen LogP) is 3.69. The van der Waals surface area contributed by atoms with Gasteiger partial charge in [0, 0.05) is 18.5 Å². The van der Waals surface area contributed by atoms with Gasteiger partial charge in [-0.25, -0.2) is 18.2 Å². The number of benzene rings is 2. The molecule has 0 aliphatic carbocycles. The Labute approximate surface area is 162 Å². The Kier molecular flexibility index (Phi) is 5.84. The maximum absolute atomic E-state index is 13.8. The third-order valence-corrected chi connectivity index (χ3v) is 4.75. The first-order valence-corrected chi connectivity index (χ1v) is 9.05. The molecule has 1 heterocycles. The van der Waals surface area contributed by atoms with E-state index in [2.05, 4.69) is 10.3 Å². The highest BCUT2D eigenvalue weighted by Crippen LogP contribution is 2.18. The number of hydrogen-bond donors (Lipinski definition) is 1. The smallest absolute Gasteiger partial charge is 0.287 e. The van der Waals surface area contributed by atoms with Crippen molar-refractivity contribution in [2.45, 2.75) is 11.9 Å². The van der Waals surface area contributed by atoms with Crippen molar-refractivity contribution in [1.29, 1.82) is 0 Å². The van der Waals surface area contributed by atoms with Crippen LogP contribution in [0.15, 0.2) is 58.6 Å². The molecule has 0 fully saturated rings. The first kappa shape index (κ1) is 19.7. The molecule has 3 aromatic rings. The molecule has 5 nitrogen and oxygen atoms in total. The maximum Gasteiger partial charge on any atom is 0.287 e. The number of amides is 1. The van der Waals surface area contributed by atoms with Crippen LogP contribution in [0.1, 0.15) is 5.56 Å². The quantitative estimate of drug-likeness (QED) is 0.658. The molecule has 0 aliphatic rings. The van der Waals surface area contributed by atoms with Crippen molar-refractivity contribution in [1.82, 2.24) is 9.55 Å². The summed E-state index contributed by atoms with van der Waals surface area (Å²) in [5, 5.41) is 2.25. The molecule has 0 bridgehead atoms. The van der Waals surface area contributed by atoms with E-state index in [-0.39, 0.29) is 16.5 Å². The molecular formula is C19H14F3N3O2S. The van der Waals surface area contributed by atoms with Crippen molar-refractivity contribution in [2.75, 3.05) is 11.1 Å². The highest BCUT2D eigenvalue weighted by atomic mass is 32.2. The second kappa shape index (κ2) is 8.30. The number of nitrogens with one attached hydrogen (secondary N) is 1. The van der Waals surface area contributed by atoms with Gasteiger partial charge < -0.3 is 5.32 Å². The van der Waals surface area contributed by atoms with Gasteiger partial charge in [-0.05, 0) is 36.8 Å². The summed E-state index contributed by atoms with van der Waals surface area (Å²) in [5.74, 6) is -2.80. The number of carbonyl (C=O) groups excluding carboxylic acids is 1. The van der Waals surface area contributed by atoms with E-state index in [1.165, 1.54) is 23.0 Å². The van der Waals surface area contributed by atoms with E-state index in [0.717, 1.165) is 30.0 Å². The maximum atomic E-state index is 13.8. The lowest BCUT2D eigenvalue weighted by molar-refractivity contribution is -0.113. The van der Waals surface area contributed by atoms with E-state index < -0.39 is 28.9 Å². The number of aryl methyl sites for hydroxylation is 1. The van der Waals surface area contributed by atoms with E-state index in [4.69, 9.17) is 0 Å². The summed E-state index contributed by atoms with van der Waals surface area (Å²) >= 11 is 0.834. The summed E-state index contributed by atoms with van der Waals surface area (Å²) in [4.78, 5) is 28.5. The number of hydrogen-bond acceptors (Lipinski definition) is 4. The van der Waals surface area contributed by atoms with Crippen LogP contribution in [0.5, 0.6) is 0 Å². The van der Waals surface area contributed by atoms with E-state index in [9.17, 15) is 22.8 Å². The number of nitrogens with zero attached hydrogens (tertiary/aromatic N) is 2. The standard InChI is InChI=1S/C19H14F3N3O2S/c1-11-2-4-13(9-15(11)22)25-7-6-23-18(19(25)27)28-10-17(26)24-16-8-12(20)3-5-14(16)21/h2-9H,10H2,1H3,(H,24,26). The van der Waals surface area contributed by atoms with Gasteiger partial charge >= 0.3 is 0 Å². The average molecular weight is 405 g/mol. The second-order valence-corrected chi connectivity index (χ2v) is 6.77. The highest BCUT2D eigenvalue weighted by molar-refractivity contribution is 7.99. The van der Waals surface area contributed by atoms with Crippen molar-refractivity contribution >= 4 is 23.4 Å². The molecule has 0 saturated carbocycles. The lowest BCUT2D eigenvalue weighted by Crippen LogP contribution is -2.22. The van der Waals surface area contributed by atoms with Crippen LogP contribution in [-0.4, -0.2) is 21.2 Å². The Bertz CT molecular complexity index is 1100. The van der Waals surface area contributed by atoms with Crippen molar-refractivity contribution in [3.05, 3.63) is 82.2 Å². The number of aromatic nitrogens is 2. The van der Waals surface area contributed by atoms with Gasteiger partial charge in [0.2, 0.25) is 5.91 Å². The molecule has 28 heavy (non-hydrogen) atoms. The van der Waals surface area contributed by atoms with Crippen LogP contribution < -0.4 is 10.9 Å². The lowest BCUT2D eigenvalue weighted by atomic mass is 10.2. The van der Waals surface area contributed by atoms with Gasteiger partial charge in [-0.2, -0.15) is 0 Å². The minimum atomic E-state index is -0.777. The molecule has 1 N–H and O–H groups in total. The van der Waals surface area contributed by atoms with Crippen LogP contribution in [-0.2, 0) is 4.79 Å². The SMILES string of the molecule is Cc1ccc(-n2ccnc(SCC(=O)Nc3cc(F)ccc3F)c2=O)cc1F. The molecular weight excluding hydrogens is 391 g/mol. The number of thioether (sulfide) groups is 1. The topological polar surface area (TPSA) is 64.0 Å². The van der Waals surface area contributed by atoms with Gasteiger partial charge in [-0.15, -0.1) is 0 Å². The molecule has 3 rings (SSSR count). The first-order chi connectivity index (χ1) is 13.3. The summed E-state index contributed by atoms with van der Waals surface area (Å²) in [6, 6.07) is 7.06. The average Bonchev–Trinajstić information content (AvgIpc) is 2.66. The Morgan fingerprint density at radius 1 is 1.14 bits per heavy atom. The third kappa shape index (κ3) is 4.42. The fraction of sp³-hybridized carbons (Fsp3) is 0.105. The van der Waals surface area contributed by atoms with Gasteiger partial charge in [0.15, 0.2) is 5.03 Å². The fourth-order valence-corrected chi connectivity index (χ4v) is 3.04. The van der Waals surface area contributed by atoms with Gasteiger partial charge in [-0.3, -0.25) is 14.2 Å². The zero-order chi connectivity index (χ0) is 20.3. The second-order valence-electron chi connectivity index (χ2n) is 5.80. The molecule has 144 valence electrons. The minimum absolute atomic E-state index is 0.0124. The van der Waals surface area contributed by atoms with Gasteiger partial charge in [-0.1, -0.05) is 17.8 Å². The molecule has 0 spiro atoms. The van der Waals surface area contributed by atoms with Gasteiger partial charge in [0.1, 0.15) is 17.5 Å². The van der Waals surface area contributed by atoms with Crippen LogP contribution in [0, 0.1) is 24.4 Å². The molecule has 0 radical (unpaired) electrons. The molecule has 9 heteroatoms. The molecule has 2 aromatic carbocycles. The minimum Gasteiger partial charge on any atom is -0.323 e. The monoisotopic (exact) mass is 405 g/mol. The summed E-state index contributed by atoms with van der Waals surface area (Å²) in [6.45, 7) is 1.61. The van der Waals surface area contributed by atoms with Crippen LogP contribution in [0.25, 0.3) is 5.69 Å². The Hall–Kier alpha value is -3.07. The molecule has 0 saturated heterocycles. The number of rotatable bonds is 5. The van der Waals surface area contributed by atoms with Crippen LogP contribution in [0.4, 0.5) is 18.9 Å². The first-order valence-electron chi connectivity index (χ1n) is 8.07. The van der Waals surface area contributed by atoms with Crippen molar-refractivity contribution in [2.24, 2.45) is 0 Å². The fourth-order valence-electron chi connectivity index (χ4n) is 2.34. The van der Waals surface area contributed by atoms with E-state index in [1.807, 2.05) is 0 Å². The predicted molar refractivity (Wildman–Crippen MR) is 100 cm³/mol. The van der Waals surface area contributed by atoms with Crippen molar-refractivity contribution in [3.63, 3.8) is 0 Å². The third-order valence-electron chi connectivity index (χ3n) is 3.79. The zero-order valence-corrected chi connectivity index (χ0v) is 15.4. The normalized spacial score (nSPS) is 10.7. The highest BCUT2D eigenvalue weighted by Gasteiger charge is 2.13. The number of anilines is 1. The Balaban J connectivity index is 1.74. The molecule has 0 atom stereocenters. The van der Waals surface area contributed by atoms with Crippen molar-refractivity contribution in [3.8, 4) is 5.69 Å². The molecule has 1 aromatic heterocycles. The molecule has 0 aliphatic heterocycles. The van der Waals surface area contributed by atoms with E-state index in [0.29, 0.717) is 11.3 Å². The van der Waals surface area contributed by atoms with E-state index >= 15 is 0 Å². The Morgan fingerprint density at radius 3 is 2.68 bits per heavy atom. The van der Waals surface area contributed by atoms with Crippen LogP contribution >= 0.6 is 11.8 Å². The van der Waals surface area contributed by atoms with E-state index in [1.54, 1.807) is 19.1 Å². The summed E-state index contributed by atoms with van der Waals surface area (Å²) < 4.78 is 41.7. The summed E-state index contributed by atoms with van der Waals surface area (Å²) in [7, 11) is 0. The van der Waals surface area contributed by atoms with Crippen LogP contribution in [0.2, 0.25) is 0 Å².